The third-order valence-corrected chi connectivity index (χ3v) is 8.79. The van der Waals surface area contributed by atoms with E-state index in [0.29, 0.717) is 34.4 Å². The van der Waals surface area contributed by atoms with Crippen molar-refractivity contribution >= 4 is 34.5 Å². The summed E-state index contributed by atoms with van der Waals surface area (Å²) in [5.74, 6) is 1.64. The van der Waals surface area contributed by atoms with Crippen molar-refractivity contribution in [3.8, 4) is 22.8 Å². The molecule has 1 atom stereocenters. The molecule has 1 aliphatic carbocycles. The van der Waals surface area contributed by atoms with Crippen LogP contribution in [0.1, 0.15) is 52.4 Å². The summed E-state index contributed by atoms with van der Waals surface area (Å²) in [5, 5.41) is 4.36. The van der Waals surface area contributed by atoms with Gasteiger partial charge in [0.25, 0.3) is 0 Å². The Morgan fingerprint density at radius 3 is 2.68 bits per heavy atom. The van der Waals surface area contributed by atoms with Gasteiger partial charge in [0.05, 0.1) is 21.7 Å². The molecule has 1 N–H and O–H groups in total. The van der Waals surface area contributed by atoms with Gasteiger partial charge in [0, 0.05) is 44.6 Å². The highest BCUT2D eigenvalue weighted by Crippen LogP contribution is 2.38. The van der Waals surface area contributed by atoms with Crippen LogP contribution in [0.3, 0.4) is 0 Å². The highest BCUT2D eigenvalue weighted by molar-refractivity contribution is 6.30. The smallest absolute Gasteiger partial charge is 0.344 e. The first-order valence-electron chi connectivity index (χ1n) is 14.4. The molecule has 0 spiro atoms. The normalized spacial score (nSPS) is 21.1. The first-order chi connectivity index (χ1) is 19.8. The van der Waals surface area contributed by atoms with Gasteiger partial charge < -0.3 is 14.4 Å². The predicted octanol–water partition coefficient (Wildman–Crippen LogP) is 4.76. The summed E-state index contributed by atoms with van der Waals surface area (Å²) in [5.41, 5.74) is 3.31. The number of likely N-dealkylation sites (N-methyl/N-ethyl adjacent to an activating group) is 1. The van der Waals surface area contributed by atoms with E-state index in [1.54, 1.807) is 17.3 Å². The van der Waals surface area contributed by atoms with Gasteiger partial charge in [-0.3, -0.25) is 19.3 Å². The molecule has 1 aliphatic heterocycles. The summed E-state index contributed by atoms with van der Waals surface area (Å²) >= 11 is 6.38. The van der Waals surface area contributed by atoms with Crippen molar-refractivity contribution in [1.82, 2.24) is 34.6 Å². The fourth-order valence-electron chi connectivity index (χ4n) is 6.18. The van der Waals surface area contributed by atoms with Gasteiger partial charge in [-0.1, -0.05) is 36.5 Å². The molecule has 0 radical (unpaired) electrons. The molecule has 41 heavy (non-hydrogen) atoms. The van der Waals surface area contributed by atoms with Gasteiger partial charge in [-0.05, 0) is 56.6 Å². The number of aromatic nitrogens is 6. The number of hydrogen-bond donors (Lipinski definition) is 1. The molecule has 0 aromatic carbocycles. The van der Waals surface area contributed by atoms with Crippen molar-refractivity contribution in [3.63, 3.8) is 0 Å². The zero-order chi connectivity index (χ0) is 28.7. The van der Waals surface area contributed by atoms with E-state index in [9.17, 15) is 9.59 Å². The van der Waals surface area contributed by atoms with Crippen LogP contribution in [0.5, 0.6) is 0 Å². The number of fused-ring (bicyclic) bond motifs is 1. The fraction of sp³-hybridized carbons (Fsp3) is 0.517. The number of H-pyrrole nitrogens is 1. The van der Waals surface area contributed by atoms with Crippen LogP contribution < -0.4 is 10.7 Å². The van der Waals surface area contributed by atoms with Crippen molar-refractivity contribution in [1.29, 1.82) is 0 Å². The molecule has 1 amide bonds. The Morgan fingerprint density at radius 1 is 1.17 bits per heavy atom. The number of carbonyl (C=O) groups is 1. The third kappa shape index (κ3) is 5.35. The molecule has 6 rings (SSSR count). The van der Waals surface area contributed by atoms with Crippen LogP contribution in [-0.4, -0.2) is 66.6 Å². The zero-order valence-electron chi connectivity index (χ0n) is 23.6. The second-order valence-corrected chi connectivity index (χ2v) is 11.8. The molecule has 1 saturated carbocycles. The van der Waals surface area contributed by atoms with Gasteiger partial charge in [-0.2, -0.15) is 0 Å². The molecule has 12 heteroatoms. The van der Waals surface area contributed by atoms with Crippen molar-refractivity contribution in [2.45, 2.75) is 65.0 Å². The molecular formula is C29H35ClN8O3. The number of pyridine rings is 2. The number of hydrogen-bond acceptors (Lipinski definition) is 8. The van der Waals surface area contributed by atoms with Crippen LogP contribution in [0, 0.1) is 11.8 Å². The maximum Gasteiger partial charge on any atom is 0.439 e. The number of halogens is 1. The van der Waals surface area contributed by atoms with Crippen molar-refractivity contribution in [2.24, 2.45) is 11.8 Å². The van der Waals surface area contributed by atoms with Crippen LogP contribution in [0.15, 0.2) is 33.8 Å². The van der Waals surface area contributed by atoms with Gasteiger partial charge >= 0.3 is 5.76 Å². The second kappa shape index (κ2) is 11.3. The van der Waals surface area contributed by atoms with Crippen LogP contribution in [0.4, 0.5) is 5.95 Å². The number of carbonyl (C=O) groups excluding carboxylic acids is 1. The minimum absolute atomic E-state index is 0.105. The maximum absolute atomic E-state index is 13.4. The first kappa shape index (κ1) is 27.4. The van der Waals surface area contributed by atoms with Gasteiger partial charge in [0.1, 0.15) is 11.7 Å². The monoisotopic (exact) mass is 578 g/mol. The minimum atomic E-state index is -0.663. The SMILES string of the molecule is CCN(C)C(=O)[C@H]1CCCN1c1nc2cc(-c3noc(=O)[nH]3)nc(-c3cncc(Cl)c3)c2n1C[C@H]1CC[C@H](C)CC1. The molecule has 1 saturated heterocycles. The summed E-state index contributed by atoms with van der Waals surface area (Å²) in [4.78, 5) is 46.2. The topological polar surface area (TPSA) is 126 Å². The Bertz CT molecular complexity index is 1620. The Balaban J connectivity index is 1.56. The maximum atomic E-state index is 13.4. The van der Waals surface area contributed by atoms with E-state index in [0.717, 1.165) is 61.7 Å². The van der Waals surface area contributed by atoms with Crippen LogP contribution in [0.2, 0.25) is 5.02 Å². The van der Waals surface area contributed by atoms with E-state index < -0.39 is 5.76 Å². The Kier molecular flexibility index (Phi) is 7.54. The second-order valence-electron chi connectivity index (χ2n) is 11.4. The summed E-state index contributed by atoms with van der Waals surface area (Å²) in [7, 11) is 1.85. The summed E-state index contributed by atoms with van der Waals surface area (Å²) in [6.07, 6.45) is 9.67. The van der Waals surface area contributed by atoms with Crippen LogP contribution in [-0.2, 0) is 11.3 Å². The van der Waals surface area contributed by atoms with Crippen molar-refractivity contribution in [2.75, 3.05) is 25.0 Å². The molecule has 4 aromatic heterocycles. The molecule has 216 valence electrons. The number of imidazole rings is 1. The average Bonchev–Trinajstić information content (AvgIpc) is 3.71. The lowest BCUT2D eigenvalue weighted by Crippen LogP contribution is -2.45. The van der Waals surface area contributed by atoms with Gasteiger partial charge in [0.15, 0.2) is 0 Å². The van der Waals surface area contributed by atoms with Gasteiger partial charge in [-0.25, -0.2) is 14.8 Å². The Morgan fingerprint density at radius 2 is 1.98 bits per heavy atom. The van der Waals surface area contributed by atoms with E-state index in [2.05, 4.69) is 31.5 Å². The number of anilines is 1. The predicted molar refractivity (Wildman–Crippen MR) is 157 cm³/mol. The number of amides is 1. The number of rotatable bonds is 7. The highest BCUT2D eigenvalue weighted by atomic mass is 35.5. The minimum Gasteiger partial charge on any atom is -0.344 e. The van der Waals surface area contributed by atoms with E-state index in [1.165, 1.54) is 12.8 Å². The van der Waals surface area contributed by atoms with Crippen LogP contribution in [0.25, 0.3) is 33.8 Å². The highest BCUT2D eigenvalue weighted by Gasteiger charge is 2.36. The van der Waals surface area contributed by atoms with E-state index >= 15 is 0 Å². The summed E-state index contributed by atoms with van der Waals surface area (Å²) < 4.78 is 7.03. The number of nitrogens with one attached hydrogen (secondary N) is 1. The quantitative estimate of drug-likeness (QED) is 0.332. The largest absolute Gasteiger partial charge is 0.439 e. The molecule has 0 bridgehead atoms. The third-order valence-electron chi connectivity index (χ3n) is 8.59. The van der Waals surface area contributed by atoms with E-state index in [1.807, 2.05) is 26.1 Å². The molecule has 5 heterocycles. The van der Waals surface area contributed by atoms with E-state index in [4.69, 9.17) is 26.1 Å². The molecule has 2 aliphatic rings. The lowest BCUT2D eigenvalue weighted by atomic mass is 9.83. The molecule has 4 aromatic rings. The van der Waals surface area contributed by atoms with E-state index in [-0.39, 0.29) is 17.8 Å². The van der Waals surface area contributed by atoms with Gasteiger partial charge in [-0.15, -0.1) is 0 Å². The molecule has 2 fully saturated rings. The fourth-order valence-corrected chi connectivity index (χ4v) is 6.36. The molecule has 11 nitrogen and oxygen atoms in total. The Labute approximate surface area is 242 Å². The average molecular weight is 579 g/mol. The Hall–Kier alpha value is -3.73. The lowest BCUT2D eigenvalue weighted by Gasteiger charge is -2.31. The van der Waals surface area contributed by atoms with Gasteiger partial charge in [0.2, 0.25) is 17.7 Å². The standard InChI is InChI=1S/C29H35ClN8O3/c1-4-36(3)27(39)23-6-5-11-37(23)28-33-21-13-22(26-34-29(40)41-35-26)32-24(19-12-20(30)15-31-14-19)25(21)38(28)16-18-9-7-17(2)8-10-18/h12-15,17-18,23H,4-11,16H2,1-3H3,(H,34,35,40)/t17-,18-,23-/m1/s1. The molecule has 0 unspecified atom stereocenters. The lowest BCUT2D eigenvalue weighted by molar-refractivity contribution is -0.130. The first-order valence-corrected chi connectivity index (χ1v) is 14.8. The van der Waals surface area contributed by atoms with Crippen molar-refractivity contribution < 1.29 is 9.32 Å². The zero-order valence-corrected chi connectivity index (χ0v) is 24.4. The number of aromatic amines is 1. The number of nitrogens with zero attached hydrogens (tertiary/aromatic N) is 7. The van der Waals surface area contributed by atoms with Crippen LogP contribution >= 0.6 is 11.6 Å². The van der Waals surface area contributed by atoms with Crippen molar-refractivity contribution in [3.05, 3.63) is 40.1 Å². The summed E-state index contributed by atoms with van der Waals surface area (Å²) in [6, 6.07) is 3.36. The summed E-state index contributed by atoms with van der Waals surface area (Å²) in [6.45, 7) is 6.47. The molecular weight excluding hydrogens is 544 g/mol.